The molecule has 1 fully saturated rings. The van der Waals surface area contributed by atoms with Gasteiger partial charge in [0.15, 0.2) is 11.7 Å². The van der Waals surface area contributed by atoms with Crippen LogP contribution < -0.4 is 9.47 Å². The minimum atomic E-state index is -0.366. The fraction of sp³-hybridized carbons (Fsp3) is 0.333. The number of amides is 1. The van der Waals surface area contributed by atoms with Gasteiger partial charge in [0.05, 0.1) is 32.0 Å². The molecule has 0 saturated carbocycles. The van der Waals surface area contributed by atoms with Crippen molar-refractivity contribution in [1.29, 1.82) is 0 Å². The third kappa shape index (κ3) is 4.40. The number of benzene rings is 2. The van der Waals surface area contributed by atoms with Gasteiger partial charge >= 0.3 is 0 Å². The number of carbonyl (C=O) groups excluding carboxylic acids is 1. The fourth-order valence-electron chi connectivity index (χ4n) is 4.05. The van der Waals surface area contributed by atoms with Crippen LogP contribution in [0.3, 0.4) is 0 Å². The van der Waals surface area contributed by atoms with Crippen LogP contribution in [-0.2, 0) is 11.2 Å². The molecule has 0 spiro atoms. The van der Waals surface area contributed by atoms with Crippen molar-refractivity contribution in [2.24, 2.45) is 0 Å². The van der Waals surface area contributed by atoms with Crippen LogP contribution >= 0.6 is 0 Å². The van der Waals surface area contributed by atoms with Crippen LogP contribution in [0.15, 0.2) is 53.1 Å². The van der Waals surface area contributed by atoms with E-state index in [-0.39, 0.29) is 24.2 Å². The first kappa shape index (κ1) is 20.9. The van der Waals surface area contributed by atoms with Crippen LogP contribution in [0.1, 0.15) is 36.8 Å². The zero-order valence-electron chi connectivity index (χ0n) is 17.6. The lowest BCUT2D eigenvalue weighted by atomic mass is 10.0. The molecule has 0 aliphatic carbocycles. The lowest BCUT2D eigenvalue weighted by molar-refractivity contribution is -0.132. The molecule has 6 nitrogen and oxygen atoms in total. The summed E-state index contributed by atoms with van der Waals surface area (Å²) in [6.45, 7) is 0.699. The lowest BCUT2D eigenvalue weighted by Gasteiger charge is -2.26. The number of oxazole rings is 1. The Bertz CT molecular complexity index is 1070. The maximum Gasteiger partial charge on any atom is 0.223 e. The Morgan fingerprint density at radius 1 is 1.23 bits per heavy atom. The van der Waals surface area contributed by atoms with Gasteiger partial charge in [-0.2, -0.15) is 0 Å². The molecule has 1 aliphatic heterocycles. The van der Waals surface area contributed by atoms with Gasteiger partial charge in [-0.25, -0.2) is 9.37 Å². The van der Waals surface area contributed by atoms with E-state index in [1.807, 2.05) is 23.1 Å². The molecule has 4 rings (SSSR count). The first-order valence-electron chi connectivity index (χ1n) is 10.3. The Balaban J connectivity index is 1.44. The summed E-state index contributed by atoms with van der Waals surface area (Å²) in [5.41, 5.74) is 1.34. The largest absolute Gasteiger partial charge is 0.497 e. The number of hydrogen-bond donors (Lipinski definition) is 0. The average molecular weight is 424 g/mol. The Labute approximate surface area is 180 Å². The summed E-state index contributed by atoms with van der Waals surface area (Å²) < 4.78 is 30.4. The van der Waals surface area contributed by atoms with Crippen molar-refractivity contribution < 1.29 is 23.1 Å². The molecular formula is C24H25FN2O4. The summed E-state index contributed by atoms with van der Waals surface area (Å²) in [7, 11) is 3.23. The second-order valence-electron chi connectivity index (χ2n) is 7.45. The van der Waals surface area contributed by atoms with E-state index in [4.69, 9.17) is 13.9 Å². The molecular weight excluding hydrogens is 399 g/mol. The minimum absolute atomic E-state index is 0.0333. The second-order valence-corrected chi connectivity index (χ2v) is 7.45. The third-order valence-electron chi connectivity index (χ3n) is 5.62. The summed E-state index contributed by atoms with van der Waals surface area (Å²) in [5.74, 6) is 1.88. The van der Waals surface area contributed by atoms with Crippen LogP contribution in [0, 0.1) is 5.82 Å². The van der Waals surface area contributed by atoms with Crippen molar-refractivity contribution >= 4 is 5.91 Å². The molecule has 1 atom stereocenters. The molecule has 0 N–H and O–H groups in total. The van der Waals surface area contributed by atoms with Crippen molar-refractivity contribution in [3.8, 4) is 22.8 Å². The summed E-state index contributed by atoms with van der Waals surface area (Å²) in [4.78, 5) is 19.1. The molecule has 2 heterocycles. The van der Waals surface area contributed by atoms with Gasteiger partial charge in [-0.15, -0.1) is 0 Å². The van der Waals surface area contributed by atoms with Gasteiger partial charge in [-0.1, -0.05) is 12.1 Å². The molecule has 1 aromatic heterocycles. The number of nitrogens with zero attached hydrogens (tertiary/aromatic N) is 2. The molecule has 0 bridgehead atoms. The standard InChI is InChI=1S/C24H25FN2O4/c1-29-16-9-10-18(21(14-16)30-2)20-8-5-13-27(20)24(28)12-11-23-26-15-22(31-23)17-6-3-4-7-19(17)25/h3-4,6-7,9-10,14-15,20H,5,8,11-13H2,1-2H3/t20-/m0/s1. The van der Waals surface area contributed by atoms with E-state index in [1.165, 1.54) is 12.3 Å². The van der Waals surface area contributed by atoms with Crippen LogP contribution in [0.5, 0.6) is 11.5 Å². The number of rotatable bonds is 7. The van der Waals surface area contributed by atoms with Crippen molar-refractivity contribution in [2.75, 3.05) is 20.8 Å². The van der Waals surface area contributed by atoms with Gasteiger partial charge < -0.3 is 18.8 Å². The number of hydrogen-bond acceptors (Lipinski definition) is 5. The van der Waals surface area contributed by atoms with E-state index < -0.39 is 0 Å². The Morgan fingerprint density at radius 3 is 2.84 bits per heavy atom. The molecule has 31 heavy (non-hydrogen) atoms. The maximum absolute atomic E-state index is 14.0. The summed E-state index contributed by atoms with van der Waals surface area (Å²) >= 11 is 0. The number of ether oxygens (including phenoxy) is 2. The van der Waals surface area contributed by atoms with Crippen molar-refractivity contribution in [3.63, 3.8) is 0 Å². The highest BCUT2D eigenvalue weighted by Gasteiger charge is 2.32. The van der Waals surface area contributed by atoms with E-state index in [0.29, 0.717) is 41.7 Å². The zero-order valence-corrected chi connectivity index (χ0v) is 17.6. The van der Waals surface area contributed by atoms with Crippen LogP contribution in [0.25, 0.3) is 11.3 Å². The number of aryl methyl sites for hydroxylation is 1. The molecule has 1 amide bonds. The smallest absolute Gasteiger partial charge is 0.223 e. The monoisotopic (exact) mass is 424 g/mol. The minimum Gasteiger partial charge on any atom is -0.497 e. The normalized spacial score (nSPS) is 15.8. The maximum atomic E-state index is 14.0. The van der Waals surface area contributed by atoms with Crippen molar-refractivity contribution in [2.45, 2.75) is 31.7 Å². The van der Waals surface area contributed by atoms with Crippen LogP contribution in [-0.4, -0.2) is 36.6 Å². The number of carbonyl (C=O) groups is 1. The number of likely N-dealkylation sites (tertiary alicyclic amines) is 1. The summed E-state index contributed by atoms with van der Waals surface area (Å²) in [6, 6.07) is 12.0. The number of aromatic nitrogens is 1. The van der Waals surface area contributed by atoms with Crippen LogP contribution in [0.2, 0.25) is 0 Å². The molecule has 1 aliphatic rings. The lowest BCUT2D eigenvalue weighted by Crippen LogP contribution is -2.31. The van der Waals surface area contributed by atoms with Gasteiger partial charge in [-0.05, 0) is 37.1 Å². The van der Waals surface area contributed by atoms with Crippen LogP contribution in [0.4, 0.5) is 4.39 Å². The van der Waals surface area contributed by atoms with Gasteiger partial charge in [-0.3, -0.25) is 4.79 Å². The predicted octanol–water partition coefficient (Wildman–Crippen LogP) is 4.79. The van der Waals surface area contributed by atoms with E-state index in [1.54, 1.807) is 32.4 Å². The van der Waals surface area contributed by atoms with Gasteiger partial charge in [0.25, 0.3) is 0 Å². The van der Waals surface area contributed by atoms with Gasteiger partial charge in [0, 0.05) is 31.0 Å². The van der Waals surface area contributed by atoms with E-state index in [9.17, 15) is 9.18 Å². The first-order chi connectivity index (χ1) is 15.1. The fourth-order valence-corrected chi connectivity index (χ4v) is 4.05. The van der Waals surface area contributed by atoms with E-state index in [2.05, 4.69) is 4.98 Å². The zero-order chi connectivity index (χ0) is 21.8. The quantitative estimate of drug-likeness (QED) is 0.545. The Hall–Kier alpha value is -3.35. The van der Waals surface area contributed by atoms with Crippen molar-refractivity contribution in [1.82, 2.24) is 9.88 Å². The molecule has 0 radical (unpaired) electrons. The highest BCUT2D eigenvalue weighted by Crippen LogP contribution is 2.39. The summed E-state index contributed by atoms with van der Waals surface area (Å²) in [5, 5.41) is 0. The highest BCUT2D eigenvalue weighted by atomic mass is 19.1. The molecule has 2 aromatic carbocycles. The van der Waals surface area contributed by atoms with Gasteiger partial charge in [0.2, 0.25) is 5.91 Å². The Morgan fingerprint density at radius 2 is 2.06 bits per heavy atom. The summed E-state index contributed by atoms with van der Waals surface area (Å²) in [6.07, 6.45) is 3.94. The number of halogens is 1. The average Bonchev–Trinajstić information content (AvgIpc) is 3.47. The predicted molar refractivity (Wildman–Crippen MR) is 113 cm³/mol. The molecule has 162 valence electrons. The molecule has 3 aromatic rings. The number of methoxy groups -OCH3 is 2. The SMILES string of the molecule is COc1ccc([C@@H]2CCCN2C(=O)CCc2ncc(-c3ccccc3F)o2)c(OC)c1. The highest BCUT2D eigenvalue weighted by molar-refractivity contribution is 5.77. The third-order valence-corrected chi connectivity index (χ3v) is 5.62. The first-order valence-corrected chi connectivity index (χ1v) is 10.3. The molecule has 7 heteroatoms. The molecule has 0 unspecified atom stereocenters. The van der Waals surface area contributed by atoms with Crippen molar-refractivity contribution in [3.05, 3.63) is 65.9 Å². The topological polar surface area (TPSA) is 64.8 Å². The second kappa shape index (κ2) is 9.20. The van der Waals surface area contributed by atoms with E-state index >= 15 is 0 Å². The van der Waals surface area contributed by atoms with Gasteiger partial charge in [0.1, 0.15) is 17.3 Å². The van der Waals surface area contributed by atoms with E-state index in [0.717, 1.165) is 18.4 Å². The Kier molecular flexibility index (Phi) is 6.21. The molecule has 1 saturated heterocycles.